The number of piperazine rings is 1. The third kappa shape index (κ3) is 4.31. The summed E-state index contributed by atoms with van der Waals surface area (Å²) in [6, 6.07) is 30.0. The van der Waals surface area contributed by atoms with Crippen LogP contribution in [0.1, 0.15) is 35.4 Å². The van der Waals surface area contributed by atoms with E-state index in [1.807, 2.05) is 12.1 Å². The Bertz CT molecular complexity index is 1000. The minimum Gasteiger partial charge on any atom is -0.297 e. The van der Waals surface area contributed by atoms with Crippen LogP contribution < -0.4 is 0 Å². The summed E-state index contributed by atoms with van der Waals surface area (Å²) < 4.78 is 0. The summed E-state index contributed by atoms with van der Waals surface area (Å²) >= 11 is 0. The summed E-state index contributed by atoms with van der Waals surface area (Å²) in [6.07, 6.45) is 2.36. The number of benzene rings is 3. The lowest BCUT2D eigenvalue weighted by atomic mass is 9.79. The first-order valence-electron chi connectivity index (χ1n) is 11.5. The average Bonchev–Trinajstić information content (AvgIpc) is 2.84. The predicted octanol–water partition coefficient (Wildman–Crippen LogP) is 5.08. The zero-order valence-electron chi connectivity index (χ0n) is 18.2. The van der Waals surface area contributed by atoms with Gasteiger partial charge in [0.15, 0.2) is 0 Å². The summed E-state index contributed by atoms with van der Waals surface area (Å²) in [7, 11) is 0. The molecule has 5 heteroatoms. The molecule has 0 spiro atoms. The Hall–Kier alpha value is -3.02. The second kappa shape index (κ2) is 9.23. The fourth-order valence-electron chi connectivity index (χ4n) is 5.54. The van der Waals surface area contributed by atoms with Crippen LogP contribution in [0.4, 0.5) is 5.69 Å². The minimum absolute atomic E-state index is 0.159. The van der Waals surface area contributed by atoms with Gasteiger partial charge in [-0.05, 0) is 29.5 Å². The molecule has 2 bridgehead atoms. The van der Waals surface area contributed by atoms with Gasteiger partial charge in [-0.2, -0.15) is 0 Å². The Kier molecular flexibility index (Phi) is 6.02. The molecule has 3 aromatic rings. The van der Waals surface area contributed by atoms with E-state index in [0.717, 1.165) is 31.7 Å². The number of piperidine rings is 1. The van der Waals surface area contributed by atoms with E-state index in [1.165, 1.54) is 24.0 Å². The molecule has 2 fully saturated rings. The summed E-state index contributed by atoms with van der Waals surface area (Å²) in [5.41, 5.74) is 4.11. The number of nitrogens with zero attached hydrogens (tertiary/aromatic N) is 3. The lowest BCUT2D eigenvalue weighted by Gasteiger charge is -2.51. The second-order valence-electron chi connectivity index (χ2n) is 8.99. The molecule has 2 heterocycles. The van der Waals surface area contributed by atoms with Gasteiger partial charge in [0.05, 0.1) is 4.92 Å². The van der Waals surface area contributed by atoms with Crippen molar-refractivity contribution in [1.82, 2.24) is 9.80 Å². The van der Waals surface area contributed by atoms with Gasteiger partial charge < -0.3 is 0 Å². The number of non-ortho nitro benzene ring substituents is 1. The van der Waals surface area contributed by atoms with Crippen LogP contribution in [0.25, 0.3) is 0 Å². The third-order valence-electron chi connectivity index (χ3n) is 7.14. The van der Waals surface area contributed by atoms with E-state index in [4.69, 9.17) is 0 Å². The van der Waals surface area contributed by atoms with Gasteiger partial charge in [0, 0.05) is 56.3 Å². The fourth-order valence-corrected chi connectivity index (χ4v) is 5.54. The van der Waals surface area contributed by atoms with Crippen molar-refractivity contribution < 1.29 is 4.92 Å². The summed E-state index contributed by atoms with van der Waals surface area (Å²) in [6.45, 7) is 4.05. The standard InChI is InChI=1S/C27H29N3O2/c31-30(32)24-13-11-21(12-14-24)19-28-17-18-29-20-25(28)15-16-26(29)27(22-7-3-1-4-8-22)23-9-5-2-6-10-23/h1-14,25-27H,15-20H2/t25-,26-/m1/s1. The van der Waals surface area contributed by atoms with Gasteiger partial charge in [-0.1, -0.05) is 72.8 Å². The molecule has 164 valence electrons. The summed E-state index contributed by atoms with van der Waals surface area (Å²) in [4.78, 5) is 15.9. The molecule has 2 aliphatic heterocycles. The lowest BCUT2D eigenvalue weighted by molar-refractivity contribution is -0.384. The van der Waals surface area contributed by atoms with Crippen LogP contribution in [0.2, 0.25) is 0 Å². The van der Waals surface area contributed by atoms with Gasteiger partial charge >= 0.3 is 0 Å². The minimum atomic E-state index is -0.334. The molecule has 0 aromatic heterocycles. The van der Waals surface area contributed by atoms with Crippen molar-refractivity contribution in [3.05, 3.63) is 112 Å². The lowest BCUT2D eigenvalue weighted by Crippen LogP contribution is -2.60. The highest BCUT2D eigenvalue weighted by Gasteiger charge is 2.39. The van der Waals surface area contributed by atoms with E-state index in [1.54, 1.807) is 12.1 Å². The Balaban J connectivity index is 1.31. The van der Waals surface area contributed by atoms with Crippen molar-refractivity contribution in [3.8, 4) is 0 Å². The van der Waals surface area contributed by atoms with E-state index >= 15 is 0 Å². The second-order valence-corrected chi connectivity index (χ2v) is 8.99. The normalized spacial score (nSPS) is 23.2. The maximum absolute atomic E-state index is 10.9. The van der Waals surface area contributed by atoms with Crippen LogP contribution in [0.3, 0.4) is 0 Å². The topological polar surface area (TPSA) is 49.6 Å². The van der Waals surface area contributed by atoms with Gasteiger partial charge in [0.2, 0.25) is 0 Å². The Morgan fingerprint density at radius 2 is 1.47 bits per heavy atom. The van der Waals surface area contributed by atoms with Gasteiger partial charge in [0.25, 0.3) is 5.69 Å². The van der Waals surface area contributed by atoms with Gasteiger partial charge in [0.1, 0.15) is 0 Å². The molecule has 0 N–H and O–H groups in total. The summed E-state index contributed by atoms with van der Waals surface area (Å²) in [5, 5.41) is 10.9. The number of fused-ring (bicyclic) bond motifs is 2. The van der Waals surface area contributed by atoms with E-state index in [9.17, 15) is 10.1 Å². The molecule has 0 saturated carbocycles. The van der Waals surface area contributed by atoms with Crippen molar-refractivity contribution in [2.24, 2.45) is 0 Å². The molecular formula is C27H29N3O2. The van der Waals surface area contributed by atoms with E-state index in [-0.39, 0.29) is 10.6 Å². The molecule has 5 nitrogen and oxygen atoms in total. The van der Waals surface area contributed by atoms with Crippen LogP contribution >= 0.6 is 0 Å². The summed E-state index contributed by atoms with van der Waals surface area (Å²) in [5.74, 6) is 0.388. The number of hydrogen-bond donors (Lipinski definition) is 0. The van der Waals surface area contributed by atoms with Crippen LogP contribution in [0.5, 0.6) is 0 Å². The molecular weight excluding hydrogens is 398 g/mol. The van der Waals surface area contributed by atoms with Crippen molar-refractivity contribution in [1.29, 1.82) is 0 Å². The Morgan fingerprint density at radius 3 is 2.06 bits per heavy atom. The zero-order valence-corrected chi connectivity index (χ0v) is 18.2. The molecule has 3 aromatic carbocycles. The van der Waals surface area contributed by atoms with Crippen molar-refractivity contribution in [2.45, 2.75) is 37.4 Å². The molecule has 5 rings (SSSR count). The molecule has 3 atom stereocenters. The van der Waals surface area contributed by atoms with E-state index in [2.05, 4.69) is 70.5 Å². The van der Waals surface area contributed by atoms with Gasteiger partial charge in [-0.25, -0.2) is 0 Å². The zero-order chi connectivity index (χ0) is 21.9. The highest BCUT2D eigenvalue weighted by molar-refractivity contribution is 5.35. The third-order valence-corrected chi connectivity index (χ3v) is 7.14. The molecule has 1 unspecified atom stereocenters. The monoisotopic (exact) mass is 427 g/mol. The Morgan fingerprint density at radius 1 is 0.844 bits per heavy atom. The SMILES string of the molecule is O=[N+]([O-])c1ccc(CN2CCN3C[C@H]2CC[C@@H]3C(c2ccccc2)c2ccccc2)cc1. The number of nitro groups is 1. The average molecular weight is 428 g/mol. The molecule has 0 amide bonds. The highest BCUT2D eigenvalue weighted by atomic mass is 16.6. The van der Waals surface area contributed by atoms with Crippen LogP contribution in [-0.4, -0.2) is 46.4 Å². The molecule has 0 radical (unpaired) electrons. The molecule has 32 heavy (non-hydrogen) atoms. The number of nitro benzene ring substituents is 1. The van der Waals surface area contributed by atoms with Crippen LogP contribution in [0, 0.1) is 10.1 Å². The first-order valence-corrected chi connectivity index (χ1v) is 11.5. The quantitative estimate of drug-likeness (QED) is 0.407. The predicted molar refractivity (Wildman–Crippen MR) is 127 cm³/mol. The number of hydrogen-bond acceptors (Lipinski definition) is 4. The van der Waals surface area contributed by atoms with E-state index < -0.39 is 0 Å². The maximum atomic E-state index is 10.9. The largest absolute Gasteiger partial charge is 0.297 e. The Labute approximate surface area is 189 Å². The molecule has 2 aliphatic rings. The van der Waals surface area contributed by atoms with Crippen molar-refractivity contribution in [3.63, 3.8) is 0 Å². The maximum Gasteiger partial charge on any atom is 0.269 e. The first-order chi connectivity index (χ1) is 15.7. The van der Waals surface area contributed by atoms with Crippen molar-refractivity contribution in [2.75, 3.05) is 19.6 Å². The highest BCUT2D eigenvalue weighted by Crippen LogP contribution is 2.38. The van der Waals surface area contributed by atoms with Crippen LogP contribution in [0.15, 0.2) is 84.9 Å². The van der Waals surface area contributed by atoms with Gasteiger partial charge in [-0.3, -0.25) is 19.9 Å². The van der Waals surface area contributed by atoms with Crippen molar-refractivity contribution >= 4 is 5.69 Å². The number of rotatable bonds is 6. The first kappa shape index (κ1) is 20.9. The van der Waals surface area contributed by atoms with Crippen LogP contribution in [-0.2, 0) is 6.54 Å². The van der Waals surface area contributed by atoms with E-state index in [0.29, 0.717) is 18.0 Å². The fraction of sp³-hybridized carbons (Fsp3) is 0.333. The molecule has 2 saturated heterocycles. The molecule has 0 aliphatic carbocycles. The van der Waals surface area contributed by atoms with Gasteiger partial charge in [-0.15, -0.1) is 0 Å². The smallest absolute Gasteiger partial charge is 0.269 e.